The van der Waals surface area contributed by atoms with E-state index in [1.807, 2.05) is 6.07 Å². The first-order valence-electron chi connectivity index (χ1n) is 5.26. The van der Waals surface area contributed by atoms with Crippen LogP contribution in [0.15, 0.2) is 12.1 Å². The molecule has 0 aliphatic carbocycles. The van der Waals surface area contributed by atoms with Crippen LogP contribution < -0.4 is 4.90 Å². The largest absolute Gasteiger partial charge is 0.366 e. The topological polar surface area (TPSA) is 70.2 Å². The van der Waals surface area contributed by atoms with E-state index in [-0.39, 0.29) is 18.7 Å². The van der Waals surface area contributed by atoms with Crippen molar-refractivity contribution in [1.29, 1.82) is 5.26 Å². The Hall–Kier alpha value is -2.23. The van der Waals surface area contributed by atoms with Gasteiger partial charge in [0.15, 0.2) is 11.6 Å². The Bertz CT molecular complexity index is 477. The normalized spacial score (nSPS) is 9.89. The van der Waals surface area contributed by atoms with Crippen molar-refractivity contribution in [3.05, 3.63) is 33.9 Å². The Morgan fingerprint density at radius 2 is 2.00 bits per heavy atom. The van der Waals surface area contributed by atoms with Crippen molar-refractivity contribution >= 4 is 11.4 Å². The maximum absolute atomic E-state index is 13.7. The third-order valence-corrected chi connectivity index (χ3v) is 2.40. The zero-order valence-corrected chi connectivity index (χ0v) is 9.69. The summed E-state index contributed by atoms with van der Waals surface area (Å²) in [6, 6.07) is 3.22. The van der Waals surface area contributed by atoms with Crippen LogP contribution in [-0.2, 0) is 0 Å². The molecule has 1 aromatic rings. The summed E-state index contributed by atoms with van der Waals surface area (Å²) in [4.78, 5) is 10.9. The van der Waals surface area contributed by atoms with Gasteiger partial charge in [0.05, 0.1) is 29.5 Å². The van der Waals surface area contributed by atoms with Crippen LogP contribution >= 0.6 is 0 Å². The number of hydrogen-bond acceptors (Lipinski definition) is 4. The number of nitro groups is 1. The second kappa shape index (κ2) is 5.91. The molecule has 7 heteroatoms. The Morgan fingerprint density at radius 3 is 2.39 bits per heavy atom. The van der Waals surface area contributed by atoms with Crippen LogP contribution in [0.25, 0.3) is 0 Å². The second-order valence-corrected chi connectivity index (χ2v) is 3.50. The fraction of sp³-hybridized carbons (Fsp3) is 0.364. The maximum atomic E-state index is 13.7. The molecule has 0 spiro atoms. The lowest BCUT2D eigenvalue weighted by atomic mass is 10.2. The highest BCUT2D eigenvalue weighted by Crippen LogP contribution is 2.28. The van der Waals surface area contributed by atoms with E-state index in [0.717, 1.165) is 0 Å². The van der Waals surface area contributed by atoms with E-state index in [1.54, 1.807) is 6.92 Å². The van der Waals surface area contributed by atoms with Crippen LogP contribution in [0.5, 0.6) is 0 Å². The van der Waals surface area contributed by atoms with Crippen molar-refractivity contribution in [1.82, 2.24) is 0 Å². The van der Waals surface area contributed by atoms with Crippen LogP contribution in [0.4, 0.5) is 20.2 Å². The molecule has 0 amide bonds. The SMILES string of the molecule is CCN(CCC#N)c1c(F)cc([N+](=O)[O-])cc1F. The summed E-state index contributed by atoms with van der Waals surface area (Å²) in [5.41, 5.74) is -0.969. The van der Waals surface area contributed by atoms with E-state index in [4.69, 9.17) is 5.26 Å². The fourth-order valence-corrected chi connectivity index (χ4v) is 1.57. The van der Waals surface area contributed by atoms with Gasteiger partial charge >= 0.3 is 0 Å². The highest BCUT2D eigenvalue weighted by Gasteiger charge is 2.20. The molecule has 0 unspecified atom stereocenters. The molecule has 0 aliphatic heterocycles. The third-order valence-electron chi connectivity index (χ3n) is 2.40. The molecular weight excluding hydrogens is 244 g/mol. The number of benzene rings is 1. The van der Waals surface area contributed by atoms with Crippen molar-refractivity contribution in [2.24, 2.45) is 0 Å². The van der Waals surface area contributed by atoms with Crippen molar-refractivity contribution in [3.63, 3.8) is 0 Å². The van der Waals surface area contributed by atoms with Crippen LogP contribution in [0, 0.1) is 33.1 Å². The van der Waals surface area contributed by atoms with Crippen molar-refractivity contribution in [2.75, 3.05) is 18.0 Å². The van der Waals surface area contributed by atoms with E-state index in [2.05, 4.69) is 0 Å². The minimum absolute atomic E-state index is 0.115. The van der Waals surface area contributed by atoms with Gasteiger partial charge in [-0.2, -0.15) is 5.26 Å². The molecule has 0 aromatic heterocycles. The minimum Gasteiger partial charge on any atom is -0.366 e. The molecule has 5 nitrogen and oxygen atoms in total. The van der Waals surface area contributed by atoms with Crippen molar-refractivity contribution in [3.8, 4) is 6.07 Å². The monoisotopic (exact) mass is 255 g/mol. The number of rotatable bonds is 5. The maximum Gasteiger partial charge on any atom is 0.275 e. The van der Waals surface area contributed by atoms with Crippen LogP contribution in [0.3, 0.4) is 0 Å². The number of halogens is 2. The number of hydrogen-bond donors (Lipinski definition) is 0. The summed E-state index contributed by atoms with van der Waals surface area (Å²) in [6.07, 6.45) is 0.115. The highest BCUT2D eigenvalue weighted by atomic mass is 19.1. The van der Waals surface area contributed by atoms with Crippen LogP contribution in [-0.4, -0.2) is 18.0 Å². The summed E-state index contributed by atoms with van der Waals surface area (Å²) in [6.45, 7) is 2.14. The molecule has 0 saturated heterocycles. The van der Waals surface area contributed by atoms with Gasteiger partial charge < -0.3 is 4.90 Å². The Labute approximate surface area is 102 Å². The Morgan fingerprint density at radius 1 is 1.44 bits per heavy atom. The average molecular weight is 255 g/mol. The van der Waals surface area contributed by atoms with Gasteiger partial charge in [-0.25, -0.2) is 8.78 Å². The first-order valence-corrected chi connectivity index (χ1v) is 5.26. The lowest BCUT2D eigenvalue weighted by Gasteiger charge is -2.22. The third kappa shape index (κ3) is 2.91. The van der Waals surface area contributed by atoms with Crippen LogP contribution in [0.1, 0.15) is 13.3 Å². The van der Waals surface area contributed by atoms with Gasteiger partial charge in [0.25, 0.3) is 5.69 Å². The molecule has 1 aromatic carbocycles. The van der Waals surface area contributed by atoms with E-state index in [1.165, 1.54) is 4.90 Å². The molecule has 96 valence electrons. The van der Waals surface area contributed by atoms with Gasteiger partial charge in [0.2, 0.25) is 0 Å². The van der Waals surface area contributed by atoms with E-state index in [9.17, 15) is 18.9 Å². The fourth-order valence-electron chi connectivity index (χ4n) is 1.57. The summed E-state index contributed by atoms with van der Waals surface area (Å²) in [7, 11) is 0. The zero-order valence-electron chi connectivity index (χ0n) is 9.69. The van der Waals surface area contributed by atoms with Crippen LogP contribution in [0.2, 0.25) is 0 Å². The summed E-state index contributed by atoms with van der Waals surface area (Å²) in [5, 5.41) is 18.9. The van der Waals surface area contributed by atoms with Crippen molar-refractivity contribution in [2.45, 2.75) is 13.3 Å². The highest BCUT2D eigenvalue weighted by molar-refractivity contribution is 5.53. The first-order chi connectivity index (χ1) is 8.51. The lowest BCUT2D eigenvalue weighted by molar-refractivity contribution is -0.385. The number of anilines is 1. The average Bonchev–Trinajstić information content (AvgIpc) is 2.32. The molecule has 0 heterocycles. The molecule has 0 aliphatic rings. The summed E-state index contributed by atoms with van der Waals surface area (Å²) < 4.78 is 27.3. The van der Waals surface area contributed by atoms with Gasteiger partial charge in [-0.05, 0) is 6.92 Å². The number of nitriles is 1. The van der Waals surface area contributed by atoms with Gasteiger partial charge in [-0.15, -0.1) is 0 Å². The summed E-state index contributed by atoms with van der Waals surface area (Å²) in [5.74, 6) is -2.00. The molecule has 0 bridgehead atoms. The number of non-ortho nitro benzene ring substituents is 1. The first kappa shape index (κ1) is 13.8. The van der Waals surface area contributed by atoms with Gasteiger partial charge in [0.1, 0.15) is 5.69 Å². The minimum atomic E-state index is -0.999. The molecule has 0 atom stereocenters. The predicted molar refractivity (Wildman–Crippen MR) is 61.1 cm³/mol. The smallest absolute Gasteiger partial charge is 0.275 e. The molecule has 0 radical (unpaired) electrons. The number of nitro benzene ring substituents is 1. The lowest BCUT2D eigenvalue weighted by Crippen LogP contribution is -2.26. The van der Waals surface area contributed by atoms with Gasteiger partial charge in [0, 0.05) is 13.1 Å². The molecule has 1 rings (SSSR count). The van der Waals surface area contributed by atoms with Gasteiger partial charge in [-0.1, -0.05) is 0 Å². The van der Waals surface area contributed by atoms with E-state index < -0.39 is 22.2 Å². The number of nitrogens with zero attached hydrogens (tertiary/aromatic N) is 3. The van der Waals surface area contributed by atoms with Gasteiger partial charge in [-0.3, -0.25) is 10.1 Å². The van der Waals surface area contributed by atoms with E-state index in [0.29, 0.717) is 18.7 Å². The quantitative estimate of drug-likeness (QED) is 0.599. The molecule has 18 heavy (non-hydrogen) atoms. The van der Waals surface area contributed by atoms with E-state index >= 15 is 0 Å². The Balaban J connectivity index is 3.16. The summed E-state index contributed by atoms with van der Waals surface area (Å²) >= 11 is 0. The molecule has 0 fully saturated rings. The zero-order chi connectivity index (χ0) is 13.7. The molecular formula is C11H11F2N3O2. The Kier molecular flexibility index (Phi) is 4.54. The standard InChI is InChI=1S/C11H11F2N3O2/c1-2-15(5-3-4-14)11-9(12)6-8(16(17)18)7-10(11)13/h6-7H,2-3,5H2,1H3. The molecule has 0 N–H and O–H groups in total. The predicted octanol–water partition coefficient (Wildman–Crippen LogP) is 2.61. The second-order valence-electron chi connectivity index (χ2n) is 3.50. The van der Waals surface area contributed by atoms with Crippen molar-refractivity contribution < 1.29 is 13.7 Å². The molecule has 0 saturated carbocycles.